The van der Waals surface area contributed by atoms with Crippen LogP contribution in [0, 0.1) is 0 Å². The average molecular weight is 291 g/mol. The molecule has 1 unspecified atom stereocenters. The van der Waals surface area contributed by atoms with Crippen LogP contribution in [0.4, 0.5) is 10.5 Å². The molecule has 1 aromatic heterocycles. The predicted octanol–water partition coefficient (Wildman–Crippen LogP) is 2.97. The summed E-state index contributed by atoms with van der Waals surface area (Å²) < 4.78 is 0. The number of nitrogens with zero attached hydrogens (tertiary/aromatic N) is 2. The fourth-order valence-corrected chi connectivity index (χ4v) is 2.73. The largest absolute Gasteiger partial charge is 0.476 e. The molecule has 1 saturated heterocycles. The quantitative estimate of drug-likeness (QED) is 0.897. The summed E-state index contributed by atoms with van der Waals surface area (Å²) in [5, 5.41) is 11.8. The minimum Gasteiger partial charge on any atom is -0.476 e. The van der Waals surface area contributed by atoms with Gasteiger partial charge in [-0.2, -0.15) is 0 Å². The summed E-state index contributed by atoms with van der Waals surface area (Å²) in [6.45, 7) is 2.79. The zero-order valence-corrected chi connectivity index (χ0v) is 12.2. The van der Waals surface area contributed by atoms with Crippen molar-refractivity contribution in [1.29, 1.82) is 0 Å². The van der Waals surface area contributed by atoms with Crippen LogP contribution in [0.15, 0.2) is 18.3 Å². The van der Waals surface area contributed by atoms with Crippen LogP contribution in [-0.2, 0) is 0 Å². The van der Waals surface area contributed by atoms with E-state index in [0.29, 0.717) is 6.54 Å². The maximum Gasteiger partial charge on any atom is 0.356 e. The van der Waals surface area contributed by atoms with Crippen LogP contribution in [0.1, 0.15) is 49.5 Å². The first-order valence-corrected chi connectivity index (χ1v) is 7.39. The number of carboxylic acid groups (broad SMARTS) is 1. The van der Waals surface area contributed by atoms with E-state index in [9.17, 15) is 9.59 Å². The molecule has 2 rings (SSSR count). The van der Waals surface area contributed by atoms with Crippen LogP contribution in [0.5, 0.6) is 0 Å². The number of carboxylic acids is 1. The monoisotopic (exact) mass is 291 g/mol. The van der Waals surface area contributed by atoms with Crippen molar-refractivity contribution in [3.05, 3.63) is 24.0 Å². The lowest BCUT2D eigenvalue weighted by Crippen LogP contribution is -2.42. The Morgan fingerprint density at radius 2 is 2.24 bits per heavy atom. The summed E-state index contributed by atoms with van der Waals surface area (Å²) in [4.78, 5) is 29.2. The van der Waals surface area contributed by atoms with Crippen molar-refractivity contribution in [1.82, 2.24) is 9.88 Å². The Kier molecular flexibility index (Phi) is 5.14. The number of likely N-dealkylation sites (tertiary alicyclic amines) is 1. The van der Waals surface area contributed by atoms with Crippen LogP contribution in [0.25, 0.3) is 0 Å². The Balaban J connectivity index is 2.14. The first-order chi connectivity index (χ1) is 10.1. The summed E-state index contributed by atoms with van der Waals surface area (Å²) in [5.41, 5.74) is 0.114. The number of amides is 2. The Hall–Kier alpha value is -2.11. The van der Waals surface area contributed by atoms with Gasteiger partial charge in [0.05, 0.1) is 5.69 Å². The van der Waals surface area contributed by atoms with E-state index in [1.165, 1.54) is 6.20 Å². The standard InChI is InChI=1S/C15H21N3O3/c1-2-11-7-4-3-5-10-18(11)15(21)17-12-8-6-9-16-13(12)14(19)20/h6,8-9,11H,2-5,7,10H2,1H3,(H,17,21)(H,19,20). The predicted molar refractivity (Wildman–Crippen MR) is 79.5 cm³/mol. The fraction of sp³-hybridized carbons (Fsp3) is 0.533. The van der Waals surface area contributed by atoms with Gasteiger partial charge in [0.25, 0.3) is 0 Å². The third-order valence-corrected chi connectivity index (χ3v) is 3.86. The highest BCUT2D eigenvalue weighted by molar-refractivity contribution is 5.98. The lowest BCUT2D eigenvalue weighted by molar-refractivity contribution is 0.0691. The highest BCUT2D eigenvalue weighted by Crippen LogP contribution is 2.21. The Bertz CT molecular complexity index is 519. The van der Waals surface area contributed by atoms with E-state index in [1.807, 2.05) is 4.90 Å². The molecule has 0 spiro atoms. The maximum absolute atomic E-state index is 12.5. The van der Waals surface area contributed by atoms with E-state index < -0.39 is 5.97 Å². The number of urea groups is 1. The van der Waals surface area contributed by atoms with Crippen molar-refractivity contribution in [2.24, 2.45) is 0 Å². The lowest BCUT2D eigenvalue weighted by Gasteiger charge is -2.29. The van der Waals surface area contributed by atoms with E-state index in [2.05, 4.69) is 17.2 Å². The average Bonchev–Trinajstić information content (AvgIpc) is 2.72. The van der Waals surface area contributed by atoms with Gasteiger partial charge in [0.2, 0.25) is 0 Å². The van der Waals surface area contributed by atoms with Crippen molar-refractivity contribution in [3.8, 4) is 0 Å². The van der Waals surface area contributed by atoms with E-state index in [0.717, 1.165) is 32.1 Å². The molecular weight excluding hydrogens is 270 g/mol. The number of hydrogen-bond acceptors (Lipinski definition) is 3. The van der Waals surface area contributed by atoms with Crippen LogP contribution in [-0.4, -0.2) is 39.6 Å². The number of anilines is 1. The van der Waals surface area contributed by atoms with Crippen molar-refractivity contribution >= 4 is 17.7 Å². The molecule has 6 heteroatoms. The van der Waals surface area contributed by atoms with Crippen LogP contribution < -0.4 is 5.32 Å². The number of carbonyl (C=O) groups is 2. The van der Waals surface area contributed by atoms with Crippen LogP contribution in [0.3, 0.4) is 0 Å². The molecule has 0 aromatic carbocycles. The van der Waals surface area contributed by atoms with Gasteiger partial charge in [-0.15, -0.1) is 0 Å². The molecule has 114 valence electrons. The summed E-state index contributed by atoms with van der Waals surface area (Å²) in [6.07, 6.45) is 6.57. The molecule has 0 bridgehead atoms. The van der Waals surface area contributed by atoms with Crippen molar-refractivity contribution in [2.75, 3.05) is 11.9 Å². The van der Waals surface area contributed by atoms with E-state index in [4.69, 9.17) is 5.11 Å². The lowest BCUT2D eigenvalue weighted by atomic mass is 10.1. The SMILES string of the molecule is CCC1CCCCCN1C(=O)Nc1cccnc1C(=O)O. The number of nitrogens with one attached hydrogen (secondary N) is 1. The second kappa shape index (κ2) is 7.06. The zero-order valence-electron chi connectivity index (χ0n) is 12.2. The molecule has 1 aliphatic rings. The summed E-state index contributed by atoms with van der Waals surface area (Å²) in [5.74, 6) is -1.14. The van der Waals surface area contributed by atoms with Gasteiger partial charge in [-0.1, -0.05) is 19.8 Å². The highest BCUT2D eigenvalue weighted by atomic mass is 16.4. The number of hydrogen-bond donors (Lipinski definition) is 2. The van der Waals surface area contributed by atoms with Crippen molar-refractivity contribution < 1.29 is 14.7 Å². The highest BCUT2D eigenvalue weighted by Gasteiger charge is 2.25. The molecule has 1 aromatic rings. The van der Waals surface area contributed by atoms with E-state index in [-0.39, 0.29) is 23.5 Å². The second-order valence-corrected chi connectivity index (χ2v) is 5.24. The van der Waals surface area contributed by atoms with Gasteiger partial charge >= 0.3 is 12.0 Å². The summed E-state index contributed by atoms with van der Waals surface area (Å²) >= 11 is 0. The number of aromatic nitrogens is 1. The smallest absolute Gasteiger partial charge is 0.356 e. The molecule has 2 amide bonds. The van der Waals surface area contributed by atoms with Gasteiger partial charge < -0.3 is 15.3 Å². The maximum atomic E-state index is 12.5. The molecule has 0 radical (unpaired) electrons. The molecule has 2 heterocycles. The fourth-order valence-electron chi connectivity index (χ4n) is 2.73. The minimum absolute atomic E-state index is 0.131. The molecule has 1 aliphatic heterocycles. The second-order valence-electron chi connectivity index (χ2n) is 5.24. The minimum atomic E-state index is -1.14. The van der Waals surface area contributed by atoms with Gasteiger partial charge in [-0.3, -0.25) is 0 Å². The number of carbonyl (C=O) groups excluding carboxylic acids is 1. The third-order valence-electron chi connectivity index (χ3n) is 3.86. The van der Waals surface area contributed by atoms with E-state index in [1.54, 1.807) is 12.1 Å². The Morgan fingerprint density at radius 3 is 2.95 bits per heavy atom. The molecule has 6 nitrogen and oxygen atoms in total. The Labute approximate surface area is 124 Å². The van der Waals surface area contributed by atoms with Gasteiger partial charge in [0.1, 0.15) is 0 Å². The third kappa shape index (κ3) is 3.71. The number of rotatable bonds is 3. The normalized spacial score (nSPS) is 18.9. The molecule has 0 saturated carbocycles. The summed E-state index contributed by atoms with van der Waals surface area (Å²) in [6, 6.07) is 3.16. The van der Waals surface area contributed by atoms with Crippen molar-refractivity contribution in [2.45, 2.75) is 45.1 Å². The molecule has 21 heavy (non-hydrogen) atoms. The van der Waals surface area contributed by atoms with Crippen LogP contribution in [0.2, 0.25) is 0 Å². The zero-order chi connectivity index (χ0) is 15.2. The molecular formula is C15H21N3O3. The van der Waals surface area contributed by atoms with Gasteiger partial charge in [-0.05, 0) is 31.4 Å². The Morgan fingerprint density at radius 1 is 1.43 bits per heavy atom. The van der Waals surface area contributed by atoms with Crippen molar-refractivity contribution in [3.63, 3.8) is 0 Å². The first-order valence-electron chi connectivity index (χ1n) is 7.39. The van der Waals surface area contributed by atoms with E-state index >= 15 is 0 Å². The molecule has 1 fully saturated rings. The molecule has 2 N–H and O–H groups in total. The molecule has 0 aliphatic carbocycles. The topological polar surface area (TPSA) is 82.5 Å². The van der Waals surface area contributed by atoms with Gasteiger partial charge in [-0.25, -0.2) is 14.6 Å². The van der Waals surface area contributed by atoms with Crippen LogP contribution >= 0.6 is 0 Å². The first kappa shape index (κ1) is 15.3. The van der Waals surface area contributed by atoms with Gasteiger partial charge in [0.15, 0.2) is 5.69 Å². The number of pyridine rings is 1. The summed E-state index contributed by atoms with van der Waals surface area (Å²) in [7, 11) is 0. The molecule has 1 atom stereocenters. The number of aromatic carboxylic acids is 1. The van der Waals surface area contributed by atoms with Gasteiger partial charge in [0, 0.05) is 18.8 Å².